The zero-order valence-corrected chi connectivity index (χ0v) is 15.1. The lowest BCUT2D eigenvalue weighted by molar-refractivity contribution is 0.414. The Hall–Kier alpha value is -2.01. The van der Waals surface area contributed by atoms with Crippen molar-refractivity contribution in [3.8, 4) is 5.75 Å². The second kappa shape index (κ2) is 9.20. The molecular weight excluding hydrogens is 354 g/mol. The van der Waals surface area contributed by atoms with Gasteiger partial charge in [-0.1, -0.05) is 40.2 Å². The summed E-state index contributed by atoms with van der Waals surface area (Å²) in [5.74, 6) is 1.69. The third-order valence-corrected chi connectivity index (χ3v) is 3.93. The van der Waals surface area contributed by atoms with Gasteiger partial charge in [-0.2, -0.15) is 0 Å². The molecule has 0 aliphatic rings. The van der Waals surface area contributed by atoms with Crippen LogP contribution in [0.25, 0.3) is 0 Å². The van der Waals surface area contributed by atoms with Gasteiger partial charge in [0.15, 0.2) is 5.96 Å². The fourth-order valence-electron chi connectivity index (χ4n) is 2.17. The minimum Gasteiger partial charge on any atom is -0.497 e. The molecular formula is C18H22BrN3O. The van der Waals surface area contributed by atoms with Gasteiger partial charge in [-0.05, 0) is 41.8 Å². The average Bonchev–Trinajstić information content (AvgIpc) is 2.58. The molecule has 122 valence electrons. The van der Waals surface area contributed by atoms with E-state index in [4.69, 9.17) is 4.74 Å². The van der Waals surface area contributed by atoms with E-state index in [1.807, 2.05) is 24.3 Å². The molecule has 23 heavy (non-hydrogen) atoms. The first-order valence-electron chi connectivity index (χ1n) is 7.53. The van der Waals surface area contributed by atoms with Crippen molar-refractivity contribution in [3.63, 3.8) is 0 Å². The highest BCUT2D eigenvalue weighted by molar-refractivity contribution is 9.10. The number of nitrogens with one attached hydrogen (secondary N) is 2. The van der Waals surface area contributed by atoms with Crippen LogP contribution in [-0.2, 0) is 13.0 Å². The molecule has 0 saturated carbocycles. The highest BCUT2D eigenvalue weighted by atomic mass is 79.9. The van der Waals surface area contributed by atoms with Gasteiger partial charge in [0.1, 0.15) is 5.75 Å². The van der Waals surface area contributed by atoms with Crippen molar-refractivity contribution in [3.05, 3.63) is 64.1 Å². The summed E-state index contributed by atoms with van der Waals surface area (Å²) in [5, 5.41) is 6.64. The van der Waals surface area contributed by atoms with Gasteiger partial charge in [-0.3, -0.25) is 4.99 Å². The summed E-state index contributed by atoms with van der Waals surface area (Å²) in [4.78, 5) is 4.25. The predicted octanol–water partition coefficient (Wildman–Crippen LogP) is 3.37. The molecule has 5 heteroatoms. The molecule has 0 aliphatic heterocycles. The Morgan fingerprint density at radius 1 is 1.09 bits per heavy atom. The van der Waals surface area contributed by atoms with Crippen LogP contribution in [0, 0.1) is 0 Å². The van der Waals surface area contributed by atoms with Crippen LogP contribution >= 0.6 is 15.9 Å². The largest absolute Gasteiger partial charge is 0.497 e. The molecule has 0 amide bonds. The number of ether oxygens (including phenoxy) is 1. The van der Waals surface area contributed by atoms with Gasteiger partial charge in [-0.15, -0.1) is 0 Å². The van der Waals surface area contributed by atoms with Gasteiger partial charge in [0.05, 0.1) is 7.11 Å². The molecule has 2 aromatic carbocycles. The Labute approximate surface area is 146 Å². The second-order valence-electron chi connectivity index (χ2n) is 5.08. The number of hydrogen-bond acceptors (Lipinski definition) is 2. The van der Waals surface area contributed by atoms with Crippen LogP contribution in [0.3, 0.4) is 0 Å². The van der Waals surface area contributed by atoms with Crippen molar-refractivity contribution in [2.75, 3.05) is 20.7 Å². The zero-order valence-electron chi connectivity index (χ0n) is 13.5. The Kier molecular flexibility index (Phi) is 6.94. The number of rotatable bonds is 6. The first kappa shape index (κ1) is 17.3. The summed E-state index contributed by atoms with van der Waals surface area (Å²) >= 11 is 3.48. The molecule has 0 atom stereocenters. The molecule has 0 aromatic heterocycles. The predicted molar refractivity (Wildman–Crippen MR) is 99.0 cm³/mol. The zero-order chi connectivity index (χ0) is 16.5. The van der Waals surface area contributed by atoms with Crippen LogP contribution in [-0.4, -0.2) is 26.7 Å². The Morgan fingerprint density at radius 3 is 2.52 bits per heavy atom. The molecule has 2 aromatic rings. The molecule has 4 nitrogen and oxygen atoms in total. The smallest absolute Gasteiger partial charge is 0.191 e. The number of hydrogen-bond donors (Lipinski definition) is 2. The summed E-state index contributed by atoms with van der Waals surface area (Å²) in [6, 6.07) is 16.4. The maximum absolute atomic E-state index is 5.16. The van der Waals surface area contributed by atoms with Crippen molar-refractivity contribution in [1.29, 1.82) is 0 Å². The van der Waals surface area contributed by atoms with Crippen molar-refractivity contribution in [2.24, 2.45) is 4.99 Å². The van der Waals surface area contributed by atoms with Crippen molar-refractivity contribution < 1.29 is 4.74 Å². The summed E-state index contributed by atoms with van der Waals surface area (Å²) in [7, 11) is 3.46. The normalized spacial score (nSPS) is 11.2. The maximum Gasteiger partial charge on any atom is 0.191 e. The van der Waals surface area contributed by atoms with Crippen molar-refractivity contribution >= 4 is 21.9 Å². The number of methoxy groups -OCH3 is 1. The summed E-state index contributed by atoms with van der Waals surface area (Å²) in [6.07, 6.45) is 0.932. The van der Waals surface area contributed by atoms with Crippen molar-refractivity contribution in [1.82, 2.24) is 10.6 Å². The second-order valence-corrected chi connectivity index (χ2v) is 6.00. The number of benzene rings is 2. The van der Waals surface area contributed by atoms with E-state index in [1.54, 1.807) is 14.2 Å². The van der Waals surface area contributed by atoms with Gasteiger partial charge in [0, 0.05) is 24.6 Å². The SMILES string of the molecule is CN=C(NCCc1ccc(OC)cc1)NCc1cccc(Br)c1. The topological polar surface area (TPSA) is 45.7 Å². The summed E-state index contributed by atoms with van der Waals surface area (Å²) in [5.41, 5.74) is 2.47. The van der Waals surface area contributed by atoms with Crippen LogP contribution in [0.2, 0.25) is 0 Å². The highest BCUT2D eigenvalue weighted by Crippen LogP contribution is 2.12. The minimum absolute atomic E-state index is 0.738. The molecule has 2 N–H and O–H groups in total. The van der Waals surface area contributed by atoms with E-state index < -0.39 is 0 Å². The van der Waals surface area contributed by atoms with Gasteiger partial charge in [0.25, 0.3) is 0 Å². The first-order chi connectivity index (χ1) is 11.2. The number of nitrogens with zero attached hydrogens (tertiary/aromatic N) is 1. The van der Waals surface area contributed by atoms with E-state index in [0.717, 1.165) is 35.7 Å². The molecule has 0 saturated heterocycles. The van der Waals surface area contributed by atoms with Crippen LogP contribution < -0.4 is 15.4 Å². The van der Waals surface area contributed by atoms with Crippen molar-refractivity contribution in [2.45, 2.75) is 13.0 Å². The number of aliphatic imine (C=N–C) groups is 1. The van der Waals surface area contributed by atoms with Gasteiger partial charge in [0.2, 0.25) is 0 Å². The van der Waals surface area contributed by atoms with Crippen LogP contribution in [0.1, 0.15) is 11.1 Å². The van der Waals surface area contributed by atoms with Crippen LogP contribution in [0.5, 0.6) is 5.75 Å². The monoisotopic (exact) mass is 375 g/mol. The Bertz CT molecular complexity index is 641. The Balaban J connectivity index is 1.76. The van der Waals surface area contributed by atoms with E-state index in [1.165, 1.54) is 11.1 Å². The summed E-state index contributed by atoms with van der Waals surface area (Å²) < 4.78 is 6.25. The fraction of sp³-hybridized carbons (Fsp3) is 0.278. The molecule has 0 unspecified atom stereocenters. The molecule has 0 fully saturated rings. The van der Waals surface area contributed by atoms with Gasteiger partial charge < -0.3 is 15.4 Å². The minimum atomic E-state index is 0.738. The van der Waals surface area contributed by atoms with Gasteiger partial charge in [-0.25, -0.2) is 0 Å². The van der Waals surface area contributed by atoms with Crippen LogP contribution in [0.4, 0.5) is 0 Å². The van der Waals surface area contributed by atoms with E-state index in [2.05, 4.69) is 55.8 Å². The first-order valence-corrected chi connectivity index (χ1v) is 8.32. The lowest BCUT2D eigenvalue weighted by Crippen LogP contribution is -2.37. The third-order valence-electron chi connectivity index (χ3n) is 3.44. The molecule has 0 spiro atoms. The highest BCUT2D eigenvalue weighted by Gasteiger charge is 2.00. The molecule has 0 aliphatic carbocycles. The lowest BCUT2D eigenvalue weighted by atomic mass is 10.1. The fourth-order valence-corrected chi connectivity index (χ4v) is 2.62. The standard InChI is InChI=1S/C18H22BrN3O/c1-20-18(22-13-15-4-3-5-16(19)12-15)21-11-10-14-6-8-17(23-2)9-7-14/h3-9,12H,10-11,13H2,1-2H3,(H2,20,21,22). The maximum atomic E-state index is 5.16. The quantitative estimate of drug-likeness (QED) is 0.600. The number of guanidine groups is 1. The van der Waals surface area contributed by atoms with E-state index in [-0.39, 0.29) is 0 Å². The molecule has 0 radical (unpaired) electrons. The molecule has 2 rings (SSSR count). The third kappa shape index (κ3) is 5.94. The average molecular weight is 376 g/mol. The summed E-state index contributed by atoms with van der Waals surface area (Å²) in [6.45, 7) is 1.56. The van der Waals surface area contributed by atoms with E-state index in [0.29, 0.717) is 0 Å². The molecule has 0 heterocycles. The van der Waals surface area contributed by atoms with Gasteiger partial charge >= 0.3 is 0 Å². The van der Waals surface area contributed by atoms with E-state index >= 15 is 0 Å². The lowest BCUT2D eigenvalue weighted by Gasteiger charge is -2.12. The van der Waals surface area contributed by atoms with E-state index in [9.17, 15) is 0 Å². The Morgan fingerprint density at radius 2 is 1.87 bits per heavy atom. The van der Waals surface area contributed by atoms with Crippen LogP contribution in [0.15, 0.2) is 58.0 Å². The number of halogens is 1. The molecule has 0 bridgehead atoms.